The van der Waals surface area contributed by atoms with E-state index < -0.39 is 10.0 Å². The number of fused-ring (bicyclic) bond motifs is 1. The zero-order valence-electron chi connectivity index (χ0n) is 18.0. The molecule has 0 unspecified atom stereocenters. The second-order valence-electron chi connectivity index (χ2n) is 8.51. The molecule has 5 heteroatoms. The molecule has 0 radical (unpaired) electrons. The van der Waals surface area contributed by atoms with Crippen LogP contribution in [-0.2, 0) is 10.0 Å². The molecule has 154 valence electrons. The fourth-order valence-corrected chi connectivity index (χ4v) is 5.27. The first-order valence-electron chi connectivity index (χ1n) is 10.2. The molecule has 0 bridgehead atoms. The van der Waals surface area contributed by atoms with Crippen LogP contribution in [0, 0.1) is 0 Å². The Kier molecular flexibility index (Phi) is 5.99. The average molecular weight is 411 g/mol. The highest BCUT2D eigenvalue weighted by molar-refractivity contribution is 7.92. The van der Waals surface area contributed by atoms with E-state index in [9.17, 15) is 8.42 Å². The maximum absolute atomic E-state index is 13.5. The average Bonchev–Trinajstić information content (AvgIpc) is 2.66. The third kappa shape index (κ3) is 4.45. The number of hydrogen-bond acceptors (Lipinski definition) is 3. The Labute approximate surface area is 174 Å². The summed E-state index contributed by atoms with van der Waals surface area (Å²) < 4.78 is 29.8. The molecule has 1 aromatic heterocycles. The first kappa shape index (κ1) is 21.3. The van der Waals surface area contributed by atoms with E-state index in [1.54, 1.807) is 6.20 Å². The second-order valence-corrected chi connectivity index (χ2v) is 10.1. The van der Waals surface area contributed by atoms with Gasteiger partial charge in [0, 0.05) is 5.39 Å². The highest BCUT2D eigenvalue weighted by Crippen LogP contribution is 2.36. The monoisotopic (exact) mass is 410 g/mol. The standard InChI is InChI=1S/C24H30N2O2S/c1-15(2)19-12-21(16(3)4)24(22(13-19)17(5)6)29(27,28)26-20-11-18-9-7-8-10-23(18)25-14-20/h7-17,26H,1-6H3. The minimum atomic E-state index is -3.77. The maximum Gasteiger partial charge on any atom is 0.262 e. The lowest BCUT2D eigenvalue weighted by Crippen LogP contribution is -2.19. The molecule has 1 heterocycles. The second kappa shape index (κ2) is 8.15. The molecular weight excluding hydrogens is 380 g/mol. The van der Waals surface area contributed by atoms with E-state index in [0.717, 1.165) is 22.0 Å². The number of hydrogen-bond donors (Lipinski definition) is 1. The van der Waals surface area contributed by atoms with Crippen LogP contribution in [0.25, 0.3) is 10.9 Å². The Hall–Kier alpha value is -2.40. The van der Waals surface area contributed by atoms with E-state index in [1.165, 1.54) is 5.56 Å². The predicted octanol–water partition coefficient (Wildman–Crippen LogP) is 6.41. The van der Waals surface area contributed by atoms with Crippen LogP contribution in [0.3, 0.4) is 0 Å². The topological polar surface area (TPSA) is 59.1 Å². The zero-order chi connectivity index (χ0) is 21.3. The highest BCUT2D eigenvalue weighted by Gasteiger charge is 2.27. The van der Waals surface area contributed by atoms with E-state index >= 15 is 0 Å². The Morgan fingerprint density at radius 3 is 1.97 bits per heavy atom. The summed E-state index contributed by atoms with van der Waals surface area (Å²) in [5.74, 6) is 0.513. The number of aromatic nitrogens is 1. The molecule has 0 aliphatic carbocycles. The fourth-order valence-electron chi connectivity index (χ4n) is 3.53. The van der Waals surface area contributed by atoms with Gasteiger partial charge in [0.15, 0.2) is 0 Å². The number of sulfonamides is 1. The Bertz CT molecular complexity index is 1100. The number of anilines is 1. The summed E-state index contributed by atoms with van der Waals surface area (Å²) >= 11 is 0. The third-order valence-corrected chi connectivity index (χ3v) is 6.70. The van der Waals surface area contributed by atoms with Crippen molar-refractivity contribution in [1.29, 1.82) is 0 Å². The SMILES string of the molecule is CC(C)c1cc(C(C)C)c(S(=O)(=O)Nc2cnc3ccccc3c2)c(C(C)C)c1. The van der Waals surface area contributed by atoms with Gasteiger partial charge in [-0.15, -0.1) is 0 Å². The van der Waals surface area contributed by atoms with E-state index in [0.29, 0.717) is 16.5 Å². The van der Waals surface area contributed by atoms with Gasteiger partial charge in [0.2, 0.25) is 0 Å². The smallest absolute Gasteiger partial charge is 0.262 e. The van der Waals surface area contributed by atoms with Crippen LogP contribution in [0.1, 0.15) is 76.0 Å². The quantitative estimate of drug-likeness (QED) is 0.511. The molecule has 1 N–H and O–H groups in total. The van der Waals surface area contributed by atoms with Gasteiger partial charge >= 0.3 is 0 Å². The van der Waals surface area contributed by atoms with Crippen LogP contribution in [0.2, 0.25) is 0 Å². The van der Waals surface area contributed by atoms with Crippen molar-refractivity contribution in [3.63, 3.8) is 0 Å². The molecule has 2 aromatic carbocycles. The van der Waals surface area contributed by atoms with Crippen LogP contribution < -0.4 is 4.72 Å². The van der Waals surface area contributed by atoms with Crippen molar-refractivity contribution in [2.75, 3.05) is 4.72 Å². The lowest BCUT2D eigenvalue weighted by atomic mass is 9.89. The molecule has 0 fully saturated rings. The summed E-state index contributed by atoms with van der Waals surface area (Å²) in [7, 11) is -3.77. The molecule has 0 aliphatic rings. The van der Waals surface area contributed by atoms with Gasteiger partial charge in [-0.3, -0.25) is 9.71 Å². The van der Waals surface area contributed by atoms with Crippen molar-refractivity contribution >= 4 is 26.6 Å². The largest absolute Gasteiger partial charge is 0.278 e. The van der Waals surface area contributed by atoms with E-state index in [1.807, 2.05) is 58.0 Å². The first-order valence-corrected chi connectivity index (χ1v) is 11.6. The Morgan fingerprint density at radius 1 is 0.828 bits per heavy atom. The normalized spacial score (nSPS) is 12.3. The number of pyridine rings is 1. The van der Waals surface area contributed by atoms with E-state index in [2.05, 4.69) is 35.7 Å². The van der Waals surface area contributed by atoms with Gasteiger partial charge in [-0.2, -0.15) is 0 Å². The Balaban J connectivity index is 2.15. The third-order valence-electron chi connectivity index (χ3n) is 5.19. The van der Waals surface area contributed by atoms with Crippen LogP contribution >= 0.6 is 0 Å². The van der Waals surface area contributed by atoms with Gasteiger partial charge in [-0.25, -0.2) is 8.42 Å². The molecule has 0 atom stereocenters. The lowest BCUT2D eigenvalue weighted by Gasteiger charge is -2.23. The van der Waals surface area contributed by atoms with Gasteiger partial charge in [0.05, 0.1) is 22.3 Å². The molecule has 0 saturated carbocycles. The van der Waals surface area contributed by atoms with Crippen LogP contribution in [-0.4, -0.2) is 13.4 Å². The predicted molar refractivity (Wildman–Crippen MR) is 121 cm³/mol. The molecule has 4 nitrogen and oxygen atoms in total. The summed E-state index contributed by atoms with van der Waals surface area (Å²) in [5.41, 5.74) is 4.20. The zero-order valence-corrected chi connectivity index (χ0v) is 18.8. The molecule has 29 heavy (non-hydrogen) atoms. The summed E-state index contributed by atoms with van der Waals surface area (Å²) in [6.07, 6.45) is 1.58. The maximum atomic E-state index is 13.5. The van der Waals surface area contributed by atoms with Crippen LogP contribution in [0.15, 0.2) is 53.6 Å². The highest BCUT2D eigenvalue weighted by atomic mass is 32.2. The van der Waals surface area contributed by atoms with Gasteiger partial charge < -0.3 is 0 Å². The number of benzene rings is 2. The minimum Gasteiger partial charge on any atom is -0.278 e. The molecule has 0 spiro atoms. The number of rotatable bonds is 6. The van der Waals surface area contributed by atoms with Crippen molar-refractivity contribution in [3.05, 3.63) is 65.4 Å². The van der Waals surface area contributed by atoms with Crippen LogP contribution in [0.5, 0.6) is 0 Å². The van der Waals surface area contributed by atoms with Crippen molar-refractivity contribution in [2.45, 2.75) is 64.2 Å². The Morgan fingerprint density at radius 2 is 1.41 bits per heavy atom. The van der Waals surface area contributed by atoms with Gasteiger partial charge in [-0.1, -0.05) is 71.9 Å². The number of para-hydroxylation sites is 1. The summed E-state index contributed by atoms with van der Waals surface area (Å²) in [5, 5.41) is 0.899. The van der Waals surface area contributed by atoms with E-state index in [-0.39, 0.29) is 11.8 Å². The van der Waals surface area contributed by atoms with Gasteiger partial charge in [-0.05, 0) is 46.6 Å². The van der Waals surface area contributed by atoms with Crippen molar-refractivity contribution in [3.8, 4) is 0 Å². The molecule has 0 saturated heterocycles. The van der Waals surface area contributed by atoms with Crippen LogP contribution in [0.4, 0.5) is 5.69 Å². The van der Waals surface area contributed by atoms with Crippen molar-refractivity contribution in [2.24, 2.45) is 0 Å². The lowest BCUT2D eigenvalue weighted by molar-refractivity contribution is 0.595. The van der Waals surface area contributed by atoms with Gasteiger partial charge in [0.25, 0.3) is 10.0 Å². The summed E-state index contributed by atoms with van der Waals surface area (Å²) in [4.78, 5) is 4.79. The first-order chi connectivity index (χ1) is 13.6. The summed E-state index contributed by atoms with van der Waals surface area (Å²) in [6, 6.07) is 13.6. The fraction of sp³-hybridized carbons (Fsp3) is 0.375. The number of nitrogens with zero attached hydrogens (tertiary/aromatic N) is 1. The van der Waals surface area contributed by atoms with E-state index in [4.69, 9.17) is 0 Å². The molecule has 0 amide bonds. The molecule has 0 aliphatic heterocycles. The van der Waals surface area contributed by atoms with Crippen molar-refractivity contribution in [1.82, 2.24) is 4.98 Å². The molecule has 3 rings (SSSR count). The van der Waals surface area contributed by atoms with Crippen molar-refractivity contribution < 1.29 is 8.42 Å². The molecule has 3 aromatic rings. The number of nitrogens with one attached hydrogen (secondary N) is 1. The molecular formula is C24H30N2O2S. The minimum absolute atomic E-state index is 0.0903. The summed E-state index contributed by atoms with van der Waals surface area (Å²) in [6.45, 7) is 12.4. The van der Waals surface area contributed by atoms with Gasteiger partial charge in [0.1, 0.15) is 0 Å².